The summed E-state index contributed by atoms with van der Waals surface area (Å²) in [5, 5.41) is 4.07. The second-order valence-corrected chi connectivity index (χ2v) is 8.10. The summed E-state index contributed by atoms with van der Waals surface area (Å²) in [5.74, 6) is 0.886. The van der Waals surface area contributed by atoms with Gasteiger partial charge in [0.1, 0.15) is 0 Å². The van der Waals surface area contributed by atoms with Crippen LogP contribution in [0.15, 0.2) is 35.5 Å². The first-order valence-corrected chi connectivity index (χ1v) is 10.4. The van der Waals surface area contributed by atoms with Gasteiger partial charge in [0.2, 0.25) is 5.91 Å². The van der Waals surface area contributed by atoms with E-state index in [0.29, 0.717) is 18.3 Å². The molecule has 1 N–H and O–H groups in total. The third kappa shape index (κ3) is 6.40. The third-order valence-electron chi connectivity index (χ3n) is 4.52. The van der Waals surface area contributed by atoms with Crippen molar-refractivity contribution in [2.75, 3.05) is 19.5 Å². The van der Waals surface area contributed by atoms with E-state index in [-0.39, 0.29) is 11.9 Å². The Hall–Kier alpha value is -1.79. The van der Waals surface area contributed by atoms with E-state index in [2.05, 4.69) is 47.8 Å². The van der Waals surface area contributed by atoms with Crippen LogP contribution >= 0.6 is 11.8 Å². The molecule has 2 aromatic rings. The highest BCUT2D eigenvalue weighted by atomic mass is 32.2. The number of imidazole rings is 1. The molecule has 27 heavy (non-hydrogen) atoms. The number of rotatable bonds is 10. The zero-order valence-electron chi connectivity index (χ0n) is 17.0. The van der Waals surface area contributed by atoms with Crippen molar-refractivity contribution in [2.45, 2.75) is 51.9 Å². The van der Waals surface area contributed by atoms with E-state index in [1.54, 1.807) is 7.11 Å². The minimum absolute atomic E-state index is 0.0334. The standard InChI is InChI=1S/C21H31N3O2S/c1-15(2)13-19(18-9-7-6-8-10-18)23-20(25)14-27-21-22-16(3)17(4)24(21)11-12-26-5/h6-10,15,19H,11-14H2,1-5H3,(H,23,25). The molecule has 0 aliphatic carbocycles. The van der Waals surface area contributed by atoms with E-state index < -0.39 is 0 Å². The molecule has 0 aliphatic rings. The Morgan fingerprint density at radius 3 is 2.59 bits per heavy atom. The first-order chi connectivity index (χ1) is 12.9. The van der Waals surface area contributed by atoms with Crippen LogP contribution in [-0.2, 0) is 16.1 Å². The topological polar surface area (TPSA) is 56.1 Å². The quantitative estimate of drug-likeness (QED) is 0.621. The molecule has 148 valence electrons. The smallest absolute Gasteiger partial charge is 0.230 e. The summed E-state index contributed by atoms with van der Waals surface area (Å²) >= 11 is 1.48. The zero-order chi connectivity index (χ0) is 19.8. The number of ether oxygens (including phenoxy) is 1. The number of nitrogens with zero attached hydrogens (tertiary/aromatic N) is 2. The minimum atomic E-state index is 0.0334. The van der Waals surface area contributed by atoms with Crippen LogP contribution in [-0.4, -0.2) is 34.9 Å². The number of amides is 1. The number of carbonyl (C=O) groups is 1. The predicted molar refractivity (Wildman–Crippen MR) is 111 cm³/mol. The van der Waals surface area contributed by atoms with E-state index in [1.807, 2.05) is 25.1 Å². The number of methoxy groups -OCH3 is 1. The van der Waals surface area contributed by atoms with Crippen LogP contribution in [0.5, 0.6) is 0 Å². The molecule has 1 unspecified atom stereocenters. The van der Waals surface area contributed by atoms with Crippen molar-refractivity contribution >= 4 is 17.7 Å². The molecule has 0 bridgehead atoms. The number of hydrogen-bond donors (Lipinski definition) is 1. The van der Waals surface area contributed by atoms with Crippen LogP contribution in [0, 0.1) is 19.8 Å². The average Bonchev–Trinajstić information content (AvgIpc) is 2.91. The lowest BCUT2D eigenvalue weighted by molar-refractivity contribution is -0.119. The van der Waals surface area contributed by atoms with Gasteiger partial charge in [0.15, 0.2) is 5.16 Å². The van der Waals surface area contributed by atoms with Gasteiger partial charge in [-0.25, -0.2) is 4.98 Å². The van der Waals surface area contributed by atoms with Gasteiger partial charge < -0.3 is 14.6 Å². The molecule has 0 fully saturated rings. The number of hydrogen-bond acceptors (Lipinski definition) is 4. The van der Waals surface area contributed by atoms with E-state index in [4.69, 9.17) is 4.74 Å². The molecule has 0 spiro atoms. The van der Waals surface area contributed by atoms with Gasteiger partial charge in [0.05, 0.1) is 24.1 Å². The summed E-state index contributed by atoms with van der Waals surface area (Å²) in [6.45, 7) is 9.77. The van der Waals surface area contributed by atoms with E-state index in [9.17, 15) is 4.79 Å². The lowest BCUT2D eigenvalue weighted by Crippen LogP contribution is -2.31. The maximum Gasteiger partial charge on any atom is 0.230 e. The van der Waals surface area contributed by atoms with Gasteiger partial charge in [0.25, 0.3) is 0 Å². The van der Waals surface area contributed by atoms with Crippen molar-refractivity contribution in [3.8, 4) is 0 Å². The molecule has 1 heterocycles. The van der Waals surface area contributed by atoms with Gasteiger partial charge in [-0.1, -0.05) is 55.9 Å². The van der Waals surface area contributed by atoms with Crippen molar-refractivity contribution in [1.29, 1.82) is 0 Å². The van der Waals surface area contributed by atoms with E-state index in [0.717, 1.165) is 35.1 Å². The van der Waals surface area contributed by atoms with Crippen LogP contribution in [0.4, 0.5) is 0 Å². The summed E-state index contributed by atoms with van der Waals surface area (Å²) in [7, 11) is 1.69. The highest BCUT2D eigenvalue weighted by Gasteiger charge is 2.18. The van der Waals surface area contributed by atoms with E-state index in [1.165, 1.54) is 11.8 Å². The summed E-state index contributed by atoms with van der Waals surface area (Å²) in [6, 6.07) is 10.2. The van der Waals surface area contributed by atoms with E-state index >= 15 is 0 Å². The molecule has 5 nitrogen and oxygen atoms in total. The number of nitrogens with one attached hydrogen (secondary N) is 1. The molecule has 1 amide bonds. The molecular weight excluding hydrogens is 358 g/mol. The van der Waals surface area contributed by atoms with Gasteiger partial charge in [-0.05, 0) is 31.7 Å². The third-order valence-corrected chi connectivity index (χ3v) is 5.49. The summed E-state index contributed by atoms with van der Waals surface area (Å²) < 4.78 is 7.32. The van der Waals surface area contributed by atoms with Crippen LogP contribution in [0.3, 0.4) is 0 Å². The number of carbonyl (C=O) groups excluding carboxylic acids is 1. The van der Waals surface area contributed by atoms with Crippen molar-refractivity contribution < 1.29 is 9.53 Å². The highest BCUT2D eigenvalue weighted by molar-refractivity contribution is 7.99. The van der Waals surface area contributed by atoms with Crippen molar-refractivity contribution in [1.82, 2.24) is 14.9 Å². The Bertz CT molecular complexity index is 729. The Balaban J connectivity index is 2.01. The minimum Gasteiger partial charge on any atom is -0.383 e. The summed E-state index contributed by atoms with van der Waals surface area (Å²) in [4.78, 5) is 17.2. The first-order valence-electron chi connectivity index (χ1n) is 9.42. The lowest BCUT2D eigenvalue weighted by Gasteiger charge is -2.21. The molecule has 0 saturated heterocycles. The molecule has 0 aliphatic heterocycles. The van der Waals surface area contributed by atoms with Crippen LogP contribution in [0.1, 0.15) is 43.3 Å². The monoisotopic (exact) mass is 389 g/mol. The Kier molecular flexibility index (Phi) is 8.38. The average molecular weight is 390 g/mol. The molecule has 1 aromatic heterocycles. The zero-order valence-corrected chi connectivity index (χ0v) is 17.8. The maximum absolute atomic E-state index is 12.6. The molecule has 2 rings (SSSR count). The maximum atomic E-state index is 12.6. The summed E-state index contributed by atoms with van der Waals surface area (Å²) in [5.41, 5.74) is 3.27. The molecule has 0 saturated carbocycles. The lowest BCUT2D eigenvalue weighted by atomic mass is 9.97. The van der Waals surface area contributed by atoms with Crippen LogP contribution in [0.25, 0.3) is 0 Å². The fourth-order valence-corrected chi connectivity index (χ4v) is 3.91. The molecule has 0 radical (unpaired) electrons. The van der Waals surface area contributed by atoms with Gasteiger partial charge in [-0.15, -0.1) is 0 Å². The molecule has 1 atom stereocenters. The highest BCUT2D eigenvalue weighted by Crippen LogP contribution is 2.23. The fourth-order valence-electron chi connectivity index (χ4n) is 2.98. The Labute approximate surface area is 166 Å². The number of aromatic nitrogens is 2. The first kappa shape index (κ1) is 21.5. The number of thioether (sulfide) groups is 1. The van der Waals surface area contributed by atoms with Crippen LogP contribution < -0.4 is 5.32 Å². The molecular formula is C21H31N3O2S. The normalized spacial score (nSPS) is 12.4. The van der Waals surface area contributed by atoms with Gasteiger partial charge in [-0.2, -0.15) is 0 Å². The predicted octanol–water partition coefficient (Wildman–Crippen LogP) is 4.14. The SMILES string of the molecule is COCCn1c(SCC(=O)NC(CC(C)C)c2ccccc2)nc(C)c1C. The summed E-state index contributed by atoms with van der Waals surface area (Å²) in [6.07, 6.45) is 0.918. The largest absolute Gasteiger partial charge is 0.383 e. The Morgan fingerprint density at radius 1 is 1.26 bits per heavy atom. The van der Waals surface area contributed by atoms with Crippen molar-refractivity contribution in [3.63, 3.8) is 0 Å². The Morgan fingerprint density at radius 2 is 1.96 bits per heavy atom. The van der Waals surface area contributed by atoms with Gasteiger partial charge in [0, 0.05) is 19.3 Å². The van der Waals surface area contributed by atoms with Crippen LogP contribution in [0.2, 0.25) is 0 Å². The van der Waals surface area contributed by atoms with Crippen molar-refractivity contribution in [2.24, 2.45) is 5.92 Å². The molecule has 6 heteroatoms. The number of aryl methyl sites for hydroxylation is 1. The number of benzene rings is 1. The fraction of sp³-hybridized carbons (Fsp3) is 0.524. The second-order valence-electron chi connectivity index (χ2n) is 7.16. The van der Waals surface area contributed by atoms with Gasteiger partial charge in [-0.3, -0.25) is 4.79 Å². The molecule has 1 aromatic carbocycles. The second kappa shape index (κ2) is 10.5. The van der Waals surface area contributed by atoms with Gasteiger partial charge >= 0.3 is 0 Å². The van der Waals surface area contributed by atoms with Crippen molar-refractivity contribution in [3.05, 3.63) is 47.3 Å².